The lowest BCUT2D eigenvalue weighted by atomic mass is 10.0. The lowest BCUT2D eigenvalue weighted by Crippen LogP contribution is -2.25. The van der Waals surface area contributed by atoms with E-state index in [-0.39, 0.29) is 6.42 Å². The first-order chi connectivity index (χ1) is 8.60. The molecule has 0 fully saturated rings. The molecule has 0 rings (SSSR count). The highest BCUT2D eigenvalue weighted by Crippen LogP contribution is 2.24. The van der Waals surface area contributed by atoms with E-state index in [0.717, 1.165) is 18.4 Å². The number of allylic oxidation sites excluding steroid dienone is 2. The zero-order chi connectivity index (χ0) is 15.1. The van der Waals surface area contributed by atoms with Crippen LogP contribution in [0.4, 0.5) is 13.2 Å². The van der Waals surface area contributed by atoms with Gasteiger partial charge in [-0.3, -0.25) is 4.18 Å². The highest BCUT2D eigenvalue weighted by atomic mass is 32.2. The zero-order valence-electron chi connectivity index (χ0n) is 11.5. The molecule has 3 nitrogen and oxygen atoms in total. The molecule has 0 aliphatic carbocycles. The Balaban J connectivity index is 4.00. The summed E-state index contributed by atoms with van der Waals surface area (Å²) >= 11 is 0. The molecular formula is C12H21F3O3S. The molecule has 0 aliphatic rings. The van der Waals surface area contributed by atoms with Gasteiger partial charge < -0.3 is 0 Å². The molecule has 0 aliphatic heterocycles. The van der Waals surface area contributed by atoms with Crippen LogP contribution < -0.4 is 0 Å². The van der Waals surface area contributed by atoms with Gasteiger partial charge in [-0.05, 0) is 32.1 Å². The molecule has 0 saturated heterocycles. The molecule has 0 amide bonds. The predicted octanol–water partition coefficient (Wildman–Crippen LogP) is 4.02. The maximum Gasteiger partial charge on any atom is 0.523 e. The highest BCUT2D eigenvalue weighted by Gasteiger charge is 2.47. The molecule has 1 atom stereocenters. The Morgan fingerprint density at radius 1 is 1.37 bits per heavy atom. The van der Waals surface area contributed by atoms with Gasteiger partial charge in [0.2, 0.25) is 0 Å². The number of rotatable bonds is 8. The third-order valence-corrected chi connectivity index (χ3v) is 3.85. The lowest BCUT2D eigenvalue weighted by molar-refractivity contribution is -0.0542. The molecule has 0 aromatic heterocycles. The van der Waals surface area contributed by atoms with Crippen LogP contribution >= 0.6 is 0 Å². The second-order valence-electron chi connectivity index (χ2n) is 4.62. The van der Waals surface area contributed by atoms with Crippen molar-refractivity contribution in [3.8, 4) is 0 Å². The summed E-state index contributed by atoms with van der Waals surface area (Å²) in [7, 11) is -5.44. The Morgan fingerprint density at radius 2 is 1.95 bits per heavy atom. The van der Waals surface area contributed by atoms with E-state index in [0.29, 0.717) is 12.3 Å². The molecule has 19 heavy (non-hydrogen) atoms. The van der Waals surface area contributed by atoms with Gasteiger partial charge in [0.05, 0.1) is 6.61 Å². The van der Waals surface area contributed by atoms with Crippen LogP contribution in [0.25, 0.3) is 0 Å². The molecule has 0 radical (unpaired) electrons. The highest BCUT2D eigenvalue weighted by molar-refractivity contribution is 7.87. The van der Waals surface area contributed by atoms with E-state index in [1.165, 1.54) is 0 Å². The first-order valence-corrected chi connectivity index (χ1v) is 7.62. The molecule has 7 heteroatoms. The monoisotopic (exact) mass is 302 g/mol. The van der Waals surface area contributed by atoms with Gasteiger partial charge in [-0.15, -0.1) is 0 Å². The molecular weight excluding hydrogens is 281 g/mol. The standard InChI is InChI=1S/C12H21F3O3S/c1-4-10(2)7-8-11(3)6-5-9-18-19(16,17)12(13,14)15/h8,10H,4-7,9H2,1-3H3. The summed E-state index contributed by atoms with van der Waals surface area (Å²) in [5.74, 6) is 0.566. The van der Waals surface area contributed by atoms with E-state index >= 15 is 0 Å². The topological polar surface area (TPSA) is 43.4 Å². The van der Waals surface area contributed by atoms with Crippen molar-refractivity contribution in [1.82, 2.24) is 0 Å². The van der Waals surface area contributed by atoms with Crippen LogP contribution in [-0.4, -0.2) is 20.5 Å². The Hall–Kier alpha value is -0.560. The summed E-state index contributed by atoms with van der Waals surface area (Å²) in [5.41, 5.74) is -4.30. The fourth-order valence-corrected chi connectivity index (χ4v) is 1.73. The van der Waals surface area contributed by atoms with Crippen LogP contribution in [0.3, 0.4) is 0 Å². The maximum absolute atomic E-state index is 11.9. The fraction of sp³-hybridized carbons (Fsp3) is 0.833. The Kier molecular flexibility index (Phi) is 7.66. The summed E-state index contributed by atoms with van der Waals surface area (Å²) < 4.78 is 60.9. The van der Waals surface area contributed by atoms with Gasteiger partial charge in [-0.1, -0.05) is 31.9 Å². The average Bonchev–Trinajstić information content (AvgIpc) is 2.30. The van der Waals surface area contributed by atoms with Crippen molar-refractivity contribution in [3.63, 3.8) is 0 Å². The van der Waals surface area contributed by atoms with E-state index in [1.807, 2.05) is 13.0 Å². The van der Waals surface area contributed by atoms with Gasteiger partial charge in [0.1, 0.15) is 0 Å². The number of alkyl halides is 3. The van der Waals surface area contributed by atoms with Crippen LogP contribution in [0.15, 0.2) is 11.6 Å². The number of hydrogen-bond acceptors (Lipinski definition) is 3. The summed E-state index contributed by atoms with van der Waals surface area (Å²) in [6.07, 6.45) is 4.80. The summed E-state index contributed by atoms with van der Waals surface area (Å²) in [4.78, 5) is 0. The van der Waals surface area contributed by atoms with Crippen molar-refractivity contribution in [2.24, 2.45) is 5.92 Å². The van der Waals surface area contributed by atoms with Gasteiger partial charge in [0, 0.05) is 0 Å². The minimum atomic E-state index is -5.44. The van der Waals surface area contributed by atoms with Crippen LogP contribution in [0.5, 0.6) is 0 Å². The van der Waals surface area contributed by atoms with E-state index in [2.05, 4.69) is 18.0 Å². The summed E-state index contributed by atoms with van der Waals surface area (Å²) in [5, 5.41) is 0. The van der Waals surface area contributed by atoms with Crippen LogP contribution in [-0.2, 0) is 14.3 Å². The molecule has 0 aromatic carbocycles. The van der Waals surface area contributed by atoms with Crippen LogP contribution in [0, 0.1) is 5.92 Å². The van der Waals surface area contributed by atoms with E-state index < -0.39 is 22.2 Å². The van der Waals surface area contributed by atoms with Crippen molar-refractivity contribution in [3.05, 3.63) is 11.6 Å². The second kappa shape index (κ2) is 7.89. The zero-order valence-corrected chi connectivity index (χ0v) is 12.3. The van der Waals surface area contributed by atoms with Crippen LogP contribution in [0.1, 0.15) is 46.5 Å². The third-order valence-electron chi connectivity index (χ3n) is 2.80. The lowest BCUT2D eigenvalue weighted by Gasteiger charge is -2.08. The number of halogens is 3. The van der Waals surface area contributed by atoms with Crippen molar-refractivity contribution in [1.29, 1.82) is 0 Å². The second-order valence-corrected chi connectivity index (χ2v) is 6.23. The van der Waals surface area contributed by atoms with Crippen molar-refractivity contribution in [2.75, 3.05) is 6.61 Å². The predicted molar refractivity (Wildman–Crippen MR) is 68.0 cm³/mol. The molecule has 0 spiro atoms. The molecule has 0 saturated carbocycles. The third kappa shape index (κ3) is 7.57. The first kappa shape index (κ1) is 18.4. The summed E-state index contributed by atoms with van der Waals surface area (Å²) in [6.45, 7) is 5.63. The Labute approximate surface area is 113 Å². The quantitative estimate of drug-likeness (QED) is 0.294. The minimum Gasteiger partial charge on any atom is -0.263 e. The Morgan fingerprint density at radius 3 is 2.42 bits per heavy atom. The molecule has 0 heterocycles. The summed E-state index contributed by atoms with van der Waals surface area (Å²) in [6, 6.07) is 0. The first-order valence-electron chi connectivity index (χ1n) is 6.21. The van der Waals surface area contributed by atoms with Gasteiger partial charge in [0.15, 0.2) is 0 Å². The van der Waals surface area contributed by atoms with Crippen molar-refractivity contribution in [2.45, 2.75) is 52.0 Å². The van der Waals surface area contributed by atoms with E-state index in [9.17, 15) is 21.6 Å². The molecule has 0 N–H and O–H groups in total. The van der Waals surface area contributed by atoms with Crippen LogP contribution in [0.2, 0.25) is 0 Å². The minimum absolute atomic E-state index is 0.248. The van der Waals surface area contributed by atoms with Gasteiger partial charge >= 0.3 is 15.6 Å². The van der Waals surface area contributed by atoms with Gasteiger partial charge in [0.25, 0.3) is 0 Å². The van der Waals surface area contributed by atoms with Crippen molar-refractivity contribution < 1.29 is 25.8 Å². The molecule has 1 unspecified atom stereocenters. The number of hydrogen-bond donors (Lipinski definition) is 0. The normalized spacial score (nSPS) is 15.6. The maximum atomic E-state index is 11.9. The van der Waals surface area contributed by atoms with Gasteiger partial charge in [-0.25, -0.2) is 0 Å². The fourth-order valence-electron chi connectivity index (χ4n) is 1.26. The molecule has 0 aromatic rings. The van der Waals surface area contributed by atoms with Gasteiger partial charge in [-0.2, -0.15) is 21.6 Å². The SMILES string of the molecule is CCC(C)CC=C(C)CCCOS(=O)(=O)C(F)(F)F. The van der Waals surface area contributed by atoms with E-state index in [1.54, 1.807) is 0 Å². The van der Waals surface area contributed by atoms with E-state index in [4.69, 9.17) is 0 Å². The molecule has 114 valence electrons. The average molecular weight is 302 g/mol. The molecule has 0 bridgehead atoms. The van der Waals surface area contributed by atoms with Crippen molar-refractivity contribution >= 4 is 10.1 Å². The largest absolute Gasteiger partial charge is 0.523 e. The Bertz CT molecular complexity index is 386. The smallest absolute Gasteiger partial charge is 0.263 e.